The Balaban J connectivity index is 1.87. The summed E-state index contributed by atoms with van der Waals surface area (Å²) in [5, 5.41) is 0. The van der Waals surface area contributed by atoms with Crippen molar-refractivity contribution in [2.45, 2.75) is 25.8 Å². The van der Waals surface area contributed by atoms with E-state index in [0.29, 0.717) is 13.0 Å². The molecule has 1 atom stereocenters. The molecule has 1 aromatic rings. The lowest BCUT2D eigenvalue weighted by Crippen LogP contribution is -2.43. The second-order valence-electron chi connectivity index (χ2n) is 5.67. The first-order valence-electron chi connectivity index (χ1n) is 7.71. The van der Waals surface area contributed by atoms with Crippen LogP contribution in [0.2, 0.25) is 0 Å². The van der Waals surface area contributed by atoms with Crippen LogP contribution in [0.5, 0.6) is 0 Å². The fraction of sp³-hybridized carbons (Fsp3) is 0.500. The highest BCUT2D eigenvalue weighted by Gasteiger charge is 2.34. The summed E-state index contributed by atoms with van der Waals surface area (Å²) < 4.78 is 41.4. The Bertz CT molecular complexity index is 719. The smallest absolute Gasteiger partial charge is 0.310 e. The Labute approximate surface area is 140 Å². The van der Waals surface area contributed by atoms with Crippen molar-refractivity contribution in [3.05, 3.63) is 35.6 Å². The zero-order valence-electron chi connectivity index (χ0n) is 13.4. The van der Waals surface area contributed by atoms with E-state index in [9.17, 15) is 22.4 Å². The van der Waals surface area contributed by atoms with Gasteiger partial charge in [-0.1, -0.05) is 18.2 Å². The third kappa shape index (κ3) is 4.77. The number of ether oxygens (including phenoxy) is 1. The van der Waals surface area contributed by atoms with Crippen LogP contribution in [0, 0.1) is 5.82 Å². The summed E-state index contributed by atoms with van der Waals surface area (Å²) in [5.74, 6) is -1.65. The molecule has 6 nitrogen and oxygen atoms in total. The Kier molecular flexibility index (Phi) is 5.93. The first-order chi connectivity index (χ1) is 11.3. The second-order valence-corrected chi connectivity index (χ2v) is 7.89. The second kappa shape index (κ2) is 7.74. The van der Waals surface area contributed by atoms with Gasteiger partial charge in [0, 0.05) is 12.6 Å². The quantitative estimate of drug-likeness (QED) is 0.708. The van der Waals surface area contributed by atoms with Gasteiger partial charge in [0.25, 0.3) is 5.91 Å². The van der Waals surface area contributed by atoms with Gasteiger partial charge in [0.05, 0.1) is 17.9 Å². The van der Waals surface area contributed by atoms with Crippen LogP contribution in [0.3, 0.4) is 0 Å². The average molecular weight is 357 g/mol. The molecule has 0 saturated carbocycles. The van der Waals surface area contributed by atoms with Gasteiger partial charge < -0.3 is 9.64 Å². The van der Waals surface area contributed by atoms with Gasteiger partial charge in [-0.2, -0.15) is 0 Å². The number of rotatable bonds is 6. The SMILES string of the molecule is CCN(C(=O)COC(=O)Cc1ccccc1F)C1CCS(=O)(=O)C1. The summed E-state index contributed by atoms with van der Waals surface area (Å²) in [6.45, 7) is 1.60. The van der Waals surface area contributed by atoms with E-state index in [1.54, 1.807) is 13.0 Å². The van der Waals surface area contributed by atoms with E-state index < -0.39 is 34.1 Å². The largest absolute Gasteiger partial charge is 0.455 e. The zero-order valence-corrected chi connectivity index (χ0v) is 14.2. The number of likely N-dealkylation sites (N-methyl/N-ethyl adjacent to an activating group) is 1. The normalized spacial score (nSPS) is 19.0. The van der Waals surface area contributed by atoms with Gasteiger partial charge >= 0.3 is 5.97 Å². The van der Waals surface area contributed by atoms with Gasteiger partial charge in [-0.05, 0) is 25.0 Å². The van der Waals surface area contributed by atoms with Crippen molar-refractivity contribution < 1.29 is 27.1 Å². The van der Waals surface area contributed by atoms with Crippen LogP contribution in [0.1, 0.15) is 18.9 Å². The first-order valence-corrected chi connectivity index (χ1v) is 9.53. The third-order valence-corrected chi connectivity index (χ3v) is 5.71. The van der Waals surface area contributed by atoms with Crippen molar-refractivity contribution in [3.8, 4) is 0 Å². The molecule has 0 radical (unpaired) electrons. The Morgan fingerprint density at radius 1 is 1.33 bits per heavy atom. The molecule has 1 amide bonds. The lowest BCUT2D eigenvalue weighted by atomic mass is 10.1. The first kappa shape index (κ1) is 18.4. The van der Waals surface area contributed by atoms with Crippen LogP contribution in [0.15, 0.2) is 24.3 Å². The molecule has 0 spiro atoms. The van der Waals surface area contributed by atoms with E-state index in [0.717, 1.165) is 0 Å². The zero-order chi connectivity index (χ0) is 17.7. The molecule has 24 heavy (non-hydrogen) atoms. The maximum Gasteiger partial charge on any atom is 0.310 e. The molecule has 1 unspecified atom stereocenters. The van der Waals surface area contributed by atoms with Gasteiger partial charge in [0.2, 0.25) is 0 Å². The van der Waals surface area contributed by atoms with Gasteiger partial charge in [-0.3, -0.25) is 9.59 Å². The molecule has 0 N–H and O–H groups in total. The predicted octanol–water partition coefficient (Wildman–Crippen LogP) is 0.947. The van der Waals surface area contributed by atoms with Crippen LogP contribution >= 0.6 is 0 Å². The number of nitrogens with zero attached hydrogens (tertiary/aromatic N) is 1. The highest BCUT2D eigenvalue weighted by atomic mass is 32.2. The molecule has 8 heteroatoms. The van der Waals surface area contributed by atoms with E-state index in [1.807, 2.05) is 0 Å². The fourth-order valence-corrected chi connectivity index (χ4v) is 4.46. The third-order valence-electron chi connectivity index (χ3n) is 3.96. The lowest BCUT2D eigenvalue weighted by molar-refractivity contribution is -0.152. The van der Waals surface area contributed by atoms with Crippen LogP contribution < -0.4 is 0 Å². The van der Waals surface area contributed by atoms with E-state index in [2.05, 4.69) is 0 Å². The van der Waals surface area contributed by atoms with Crippen molar-refractivity contribution in [1.82, 2.24) is 4.90 Å². The van der Waals surface area contributed by atoms with Crippen molar-refractivity contribution in [2.75, 3.05) is 24.7 Å². The standard InChI is InChI=1S/C16H20FNO5S/c1-2-18(13-7-8-24(21,22)11-13)15(19)10-23-16(20)9-12-5-3-4-6-14(12)17/h3-6,13H,2,7-11H2,1H3. The molecule has 2 rings (SSSR count). The number of esters is 1. The summed E-state index contributed by atoms with van der Waals surface area (Å²) in [5.41, 5.74) is 0.198. The summed E-state index contributed by atoms with van der Waals surface area (Å²) in [6, 6.07) is 5.46. The number of carbonyl (C=O) groups excluding carboxylic acids is 2. The van der Waals surface area contributed by atoms with Crippen LogP contribution in [-0.4, -0.2) is 55.9 Å². The molecule has 1 heterocycles. The molecule has 1 aliphatic rings. The Morgan fingerprint density at radius 2 is 2.04 bits per heavy atom. The molecule has 0 bridgehead atoms. The van der Waals surface area contributed by atoms with Crippen LogP contribution in [0.25, 0.3) is 0 Å². The fourth-order valence-electron chi connectivity index (χ4n) is 2.73. The highest BCUT2D eigenvalue weighted by Crippen LogP contribution is 2.18. The number of benzene rings is 1. The molecule has 1 aliphatic heterocycles. The predicted molar refractivity (Wildman–Crippen MR) is 85.5 cm³/mol. The van der Waals surface area contributed by atoms with Crippen molar-refractivity contribution >= 4 is 21.7 Å². The number of sulfone groups is 1. The summed E-state index contributed by atoms with van der Waals surface area (Å²) in [6.07, 6.45) is 0.134. The highest BCUT2D eigenvalue weighted by molar-refractivity contribution is 7.91. The minimum absolute atomic E-state index is 0.0598. The molecule has 1 fully saturated rings. The molecule has 1 saturated heterocycles. The number of carbonyl (C=O) groups is 2. The Hall–Kier alpha value is -1.96. The van der Waals surface area contributed by atoms with Gasteiger partial charge in [-0.15, -0.1) is 0 Å². The molecule has 0 aromatic heterocycles. The maximum atomic E-state index is 13.5. The maximum absolute atomic E-state index is 13.5. The lowest BCUT2D eigenvalue weighted by Gasteiger charge is -2.26. The summed E-state index contributed by atoms with van der Waals surface area (Å²) in [7, 11) is -3.10. The summed E-state index contributed by atoms with van der Waals surface area (Å²) in [4.78, 5) is 25.3. The number of hydrogen-bond acceptors (Lipinski definition) is 5. The van der Waals surface area contributed by atoms with Gasteiger partial charge in [0.15, 0.2) is 16.4 Å². The van der Waals surface area contributed by atoms with Crippen molar-refractivity contribution in [1.29, 1.82) is 0 Å². The molecular formula is C16H20FNO5S. The molecule has 132 valence electrons. The van der Waals surface area contributed by atoms with E-state index in [4.69, 9.17) is 4.74 Å². The minimum Gasteiger partial charge on any atom is -0.455 e. The van der Waals surface area contributed by atoms with Crippen LogP contribution in [0.4, 0.5) is 4.39 Å². The Morgan fingerprint density at radius 3 is 2.62 bits per heavy atom. The monoisotopic (exact) mass is 357 g/mol. The average Bonchev–Trinajstić information content (AvgIpc) is 2.88. The molecular weight excluding hydrogens is 337 g/mol. The van der Waals surface area contributed by atoms with Gasteiger partial charge in [0.1, 0.15) is 5.82 Å². The van der Waals surface area contributed by atoms with Crippen molar-refractivity contribution in [2.24, 2.45) is 0 Å². The summed E-state index contributed by atoms with van der Waals surface area (Å²) >= 11 is 0. The number of amides is 1. The molecule has 0 aliphatic carbocycles. The van der Waals surface area contributed by atoms with Crippen LogP contribution in [-0.2, 0) is 30.6 Å². The molecule has 1 aromatic carbocycles. The van der Waals surface area contributed by atoms with E-state index in [1.165, 1.54) is 23.1 Å². The van der Waals surface area contributed by atoms with Crippen molar-refractivity contribution in [3.63, 3.8) is 0 Å². The van der Waals surface area contributed by atoms with Gasteiger partial charge in [-0.25, -0.2) is 12.8 Å². The number of halogens is 1. The number of hydrogen-bond donors (Lipinski definition) is 0. The van der Waals surface area contributed by atoms with E-state index >= 15 is 0 Å². The minimum atomic E-state index is -3.10. The topological polar surface area (TPSA) is 80.8 Å². The van der Waals surface area contributed by atoms with E-state index in [-0.39, 0.29) is 29.5 Å².